The SMILES string of the molecule is Cc1cnc(NN)nc1N1CCN(c2ncccn2)CC1. The van der Waals surface area contributed by atoms with Gasteiger partial charge in [-0.15, -0.1) is 0 Å². The Hall–Kier alpha value is -2.48. The van der Waals surface area contributed by atoms with Crippen molar-refractivity contribution in [2.75, 3.05) is 41.4 Å². The average molecular weight is 286 g/mol. The number of hydrazine groups is 1. The van der Waals surface area contributed by atoms with E-state index in [1.807, 2.05) is 13.0 Å². The number of hydrogen-bond donors (Lipinski definition) is 2. The third kappa shape index (κ3) is 2.84. The van der Waals surface area contributed by atoms with E-state index in [4.69, 9.17) is 5.84 Å². The number of anilines is 3. The standard InChI is InChI=1S/C13H18N8/c1-10-9-17-12(19-14)18-11(10)20-5-7-21(8-6-20)13-15-3-2-4-16-13/h2-4,9H,5-8,14H2,1H3,(H,17,18,19). The Morgan fingerprint density at radius 3 is 2.38 bits per heavy atom. The van der Waals surface area contributed by atoms with E-state index in [1.54, 1.807) is 18.6 Å². The molecule has 0 unspecified atom stereocenters. The molecule has 2 aromatic rings. The van der Waals surface area contributed by atoms with Crippen LogP contribution >= 0.6 is 0 Å². The third-order valence-electron chi connectivity index (χ3n) is 3.49. The summed E-state index contributed by atoms with van der Waals surface area (Å²) in [6, 6.07) is 1.82. The molecule has 0 atom stereocenters. The molecule has 3 heterocycles. The molecule has 0 radical (unpaired) electrons. The predicted molar refractivity (Wildman–Crippen MR) is 81.0 cm³/mol. The quantitative estimate of drug-likeness (QED) is 0.609. The molecule has 1 fully saturated rings. The van der Waals surface area contributed by atoms with Gasteiger partial charge >= 0.3 is 0 Å². The number of hydrogen-bond acceptors (Lipinski definition) is 8. The fourth-order valence-electron chi connectivity index (χ4n) is 2.40. The molecule has 0 amide bonds. The first-order chi connectivity index (χ1) is 10.3. The lowest BCUT2D eigenvalue weighted by molar-refractivity contribution is 0.633. The van der Waals surface area contributed by atoms with E-state index >= 15 is 0 Å². The maximum atomic E-state index is 5.38. The van der Waals surface area contributed by atoms with Crippen molar-refractivity contribution in [3.63, 3.8) is 0 Å². The largest absolute Gasteiger partial charge is 0.353 e. The van der Waals surface area contributed by atoms with Crippen LogP contribution in [-0.2, 0) is 0 Å². The van der Waals surface area contributed by atoms with E-state index in [-0.39, 0.29) is 0 Å². The summed E-state index contributed by atoms with van der Waals surface area (Å²) < 4.78 is 0. The summed E-state index contributed by atoms with van der Waals surface area (Å²) in [5, 5.41) is 0. The van der Waals surface area contributed by atoms with Crippen LogP contribution in [0.2, 0.25) is 0 Å². The van der Waals surface area contributed by atoms with Crippen LogP contribution < -0.4 is 21.1 Å². The van der Waals surface area contributed by atoms with Gasteiger partial charge in [-0.1, -0.05) is 0 Å². The number of nitrogens with one attached hydrogen (secondary N) is 1. The Morgan fingerprint density at radius 1 is 1.05 bits per heavy atom. The zero-order valence-corrected chi connectivity index (χ0v) is 11.9. The number of piperazine rings is 1. The second-order valence-electron chi connectivity index (χ2n) is 4.87. The molecule has 1 saturated heterocycles. The van der Waals surface area contributed by atoms with Crippen molar-refractivity contribution in [1.82, 2.24) is 19.9 Å². The summed E-state index contributed by atoms with van der Waals surface area (Å²) in [6.45, 7) is 5.44. The van der Waals surface area contributed by atoms with Crippen LogP contribution in [0.3, 0.4) is 0 Å². The van der Waals surface area contributed by atoms with E-state index < -0.39 is 0 Å². The normalized spacial score (nSPS) is 15.1. The number of nitrogens with zero attached hydrogens (tertiary/aromatic N) is 6. The van der Waals surface area contributed by atoms with Gasteiger partial charge in [0.1, 0.15) is 5.82 Å². The molecule has 3 N–H and O–H groups in total. The Balaban J connectivity index is 1.71. The number of nitrogen functional groups attached to an aromatic ring is 1. The van der Waals surface area contributed by atoms with Crippen molar-refractivity contribution in [1.29, 1.82) is 0 Å². The molecule has 0 spiro atoms. The topological polar surface area (TPSA) is 96.1 Å². The first-order valence-electron chi connectivity index (χ1n) is 6.85. The van der Waals surface area contributed by atoms with Crippen LogP contribution in [-0.4, -0.2) is 46.1 Å². The first-order valence-corrected chi connectivity index (χ1v) is 6.85. The highest BCUT2D eigenvalue weighted by atomic mass is 15.4. The monoisotopic (exact) mass is 286 g/mol. The molecule has 0 saturated carbocycles. The minimum atomic E-state index is 0.435. The number of aryl methyl sites for hydroxylation is 1. The number of nitrogens with two attached hydrogens (primary N) is 1. The lowest BCUT2D eigenvalue weighted by Gasteiger charge is -2.35. The molecule has 110 valence electrons. The second kappa shape index (κ2) is 5.88. The van der Waals surface area contributed by atoms with Gasteiger partial charge in [0.2, 0.25) is 11.9 Å². The maximum absolute atomic E-state index is 5.38. The summed E-state index contributed by atoms with van der Waals surface area (Å²) in [7, 11) is 0. The van der Waals surface area contributed by atoms with Crippen molar-refractivity contribution in [3.05, 3.63) is 30.2 Å². The van der Waals surface area contributed by atoms with Crippen molar-refractivity contribution in [3.8, 4) is 0 Å². The molecule has 0 aliphatic carbocycles. The van der Waals surface area contributed by atoms with Crippen molar-refractivity contribution in [2.45, 2.75) is 6.92 Å². The van der Waals surface area contributed by atoms with Crippen molar-refractivity contribution < 1.29 is 0 Å². The maximum Gasteiger partial charge on any atom is 0.239 e. The molecule has 8 nitrogen and oxygen atoms in total. The summed E-state index contributed by atoms with van der Waals surface area (Å²) in [4.78, 5) is 21.5. The van der Waals surface area contributed by atoms with Gasteiger partial charge in [-0.05, 0) is 13.0 Å². The van der Waals surface area contributed by atoms with E-state index in [0.29, 0.717) is 5.95 Å². The highest BCUT2D eigenvalue weighted by Crippen LogP contribution is 2.20. The van der Waals surface area contributed by atoms with Gasteiger partial charge in [-0.2, -0.15) is 4.98 Å². The van der Waals surface area contributed by atoms with Crippen LogP contribution in [0, 0.1) is 6.92 Å². The molecule has 1 aliphatic rings. The Bertz CT molecular complexity index is 594. The van der Waals surface area contributed by atoms with E-state index in [0.717, 1.165) is 43.5 Å². The fraction of sp³-hybridized carbons (Fsp3) is 0.385. The van der Waals surface area contributed by atoms with E-state index in [9.17, 15) is 0 Å². The van der Waals surface area contributed by atoms with Gasteiger partial charge in [-0.3, -0.25) is 5.43 Å². The van der Waals surface area contributed by atoms with Gasteiger partial charge in [0.15, 0.2) is 0 Å². The molecular formula is C13H18N8. The molecule has 1 aliphatic heterocycles. The molecule has 0 aromatic carbocycles. The zero-order valence-electron chi connectivity index (χ0n) is 11.9. The van der Waals surface area contributed by atoms with Crippen LogP contribution in [0.5, 0.6) is 0 Å². The predicted octanol–water partition coefficient (Wildman–Crippen LogP) is 0.187. The molecule has 3 rings (SSSR count). The number of rotatable bonds is 3. The Morgan fingerprint density at radius 2 is 1.71 bits per heavy atom. The third-order valence-corrected chi connectivity index (χ3v) is 3.49. The number of aromatic nitrogens is 4. The summed E-state index contributed by atoms with van der Waals surface area (Å²) in [6.07, 6.45) is 5.31. The zero-order chi connectivity index (χ0) is 14.7. The smallest absolute Gasteiger partial charge is 0.239 e. The van der Waals surface area contributed by atoms with Crippen LogP contribution in [0.1, 0.15) is 5.56 Å². The van der Waals surface area contributed by atoms with Crippen LogP contribution in [0.25, 0.3) is 0 Å². The molecule has 0 bridgehead atoms. The van der Waals surface area contributed by atoms with Gasteiger partial charge in [-0.25, -0.2) is 20.8 Å². The van der Waals surface area contributed by atoms with Gasteiger partial charge < -0.3 is 9.80 Å². The molecule has 8 heteroatoms. The molecular weight excluding hydrogens is 268 g/mol. The van der Waals surface area contributed by atoms with Gasteiger partial charge in [0.05, 0.1) is 0 Å². The van der Waals surface area contributed by atoms with Crippen LogP contribution in [0.15, 0.2) is 24.7 Å². The van der Waals surface area contributed by atoms with Gasteiger partial charge in [0.25, 0.3) is 0 Å². The van der Waals surface area contributed by atoms with Crippen molar-refractivity contribution in [2.24, 2.45) is 5.84 Å². The minimum Gasteiger partial charge on any atom is -0.353 e. The van der Waals surface area contributed by atoms with E-state index in [2.05, 4.69) is 35.2 Å². The van der Waals surface area contributed by atoms with Gasteiger partial charge in [0, 0.05) is 50.3 Å². The fourth-order valence-corrected chi connectivity index (χ4v) is 2.40. The molecule has 2 aromatic heterocycles. The first kappa shape index (κ1) is 13.5. The van der Waals surface area contributed by atoms with Crippen LogP contribution in [0.4, 0.5) is 17.7 Å². The lowest BCUT2D eigenvalue weighted by atomic mass is 10.2. The Labute approximate surface area is 123 Å². The average Bonchev–Trinajstić information content (AvgIpc) is 2.56. The summed E-state index contributed by atoms with van der Waals surface area (Å²) >= 11 is 0. The van der Waals surface area contributed by atoms with E-state index in [1.165, 1.54) is 0 Å². The Kier molecular flexibility index (Phi) is 3.78. The minimum absolute atomic E-state index is 0.435. The highest BCUT2D eigenvalue weighted by molar-refractivity contribution is 5.50. The summed E-state index contributed by atoms with van der Waals surface area (Å²) in [5.41, 5.74) is 3.53. The lowest BCUT2D eigenvalue weighted by Crippen LogP contribution is -2.47. The highest BCUT2D eigenvalue weighted by Gasteiger charge is 2.21. The molecule has 21 heavy (non-hydrogen) atoms. The second-order valence-corrected chi connectivity index (χ2v) is 4.87. The van der Waals surface area contributed by atoms with Crippen molar-refractivity contribution >= 4 is 17.7 Å². The summed E-state index contributed by atoms with van der Waals surface area (Å²) in [5.74, 6) is 7.51.